The van der Waals surface area contributed by atoms with E-state index in [4.69, 9.17) is 0 Å². The summed E-state index contributed by atoms with van der Waals surface area (Å²) in [6.07, 6.45) is 0.696. The zero-order valence-electron chi connectivity index (χ0n) is 8.42. The minimum atomic E-state index is -0.0469. The Kier molecular flexibility index (Phi) is 2.60. The second-order valence-corrected chi connectivity index (χ2v) is 3.38. The van der Waals surface area contributed by atoms with Gasteiger partial charge in [-0.25, -0.2) is 0 Å². The van der Waals surface area contributed by atoms with E-state index in [9.17, 15) is 15.0 Å². The number of carbonyl (C=O) groups is 1. The number of hydrogen-bond acceptors (Lipinski definition) is 3. The van der Waals surface area contributed by atoms with Gasteiger partial charge in [-0.2, -0.15) is 0 Å². The maximum atomic E-state index is 10.9. The molecule has 2 aromatic rings. The number of rotatable bonds is 2. The lowest BCUT2D eigenvalue weighted by atomic mass is 9.99. The van der Waals surface area contributed by atoms with Crippen LogP contribution in [0.3, 0.4) is 0 Å². The van der Waals surface area contributed by atoms with E-state index in [-0.39, 0.29) is 17.1 Å². The van der Waals surface area contributed by atoms with E-state index in [1.165, 1.54) is 18.2 Å². The van der Waals surface area contributed by atoms with Crippen LogP contribution in [0.25, 0.3) is 11.1 Å². The van der Waals surface area contributed by atoms with Crippen molar-refractivity contribution in [2.45, 2.75) is 0 Å². The second kappa shape index (κ2) is 4.06. The molecule has 3 heteroatoms. The molecular weight excluding hydrogens is 204 g/mol. The van der Waals surface area contributed by atoms with Crippen molar-refractivity contribution in [3.63, 3.8) is 0 Å². The third kappa shape index (κ3) is 1.63. The fraction of sp³-hybridized carbons (Fsp3) is 0. The van der Waals surface area contributed by atoms with E-state index < -0.39 is 0 Å². The van der Waals surface area contributed by atoms with E-state index >= 15 is 0 Å². The molecule has 0 saturated carbocycles. The smallest absolute Gasteiger partial charge is 0.150 e. The summed E-state index contributed by atoms with van der Waals surface area (Å²) in [6.45, 7) is 0. The fourth-order valence-corrected chi connectivity index (χ4v) is 1.63. The predicted molar refractivity (Wildman–Crippen MR) is 60.6 cm³/mol. The first kappa shape index (κ1) is 10.2. The number of benzene rings is 2. The highest BCUT2D eigenvalue weighted by atomic mass is 16.3. The maximum absolute atomic E-state index is 10.9. The molecule has 0 fully saturated rings. The first-order valence-electron chi connectivity index (χ1n) is 4.79. The number of aromatic hydroxyl groups is 2. The fourth-order valence-electron chi connectivity index (χ4n) is 1.63. The lowest BCUT2D eigenvalue weighted by Crippen LogP contribution is -1.87. The van der Waals surface area contributed by atoms with Crippen LogP contribution in [0, 0.1) is 0 Å². The van der Waals surface area contributed by atoms with Gasteiger partial charge in [0.1, 0.15) is 11.5 Å². The van der Waals surface area contributed by atoms with Gasteiger partial charge in [0, 0.05) is 5.56 Å². The van der Waals surface area contributed by atoms with Crippen molar-refractivity contribution in [1.82, 2.24) is 0 Å². The van der Waals surface area contributed by atoms with Crippen molar-refractivity contribution >= 4 is 6.29 Å². The van der Waals surface area contributed by atoms with Gasteiger partial charge < -0.3 is 10.2 Å². The highest BCUT2D eigenvalue weighted by Crippen LogP contribution is 2.37. The molecule has 0 unspecified atom stereocenters. The maximum Gasteiger partial charge on any atom is 0.150 e. The van der Waals surface area contributed by atoms with E-state index in [1.54, 1.807) is 24.3 Å². The summed E-state index contributed by atoms with van der Waals surface area (Å²) in [5, 5.41) is 19.4. The molecular formula is C13H10O3. The third-order valence-corrected chi connectivity index (χ3v) is 2.38. The van der Waals surface area contributed by atoms with Crippen LogP contribution in [0.2, 0.25) is 0 Å². The molecule has 0 amide bonds. The number of phenols is 2. The zero-order valence-corrected chi connectivity index (χ0v) is 8.42. The van der Waals surface area contributed by atoms with Crippen molar-refractivity contribution in [2.75, 3.05) is 0 Å². The van der Waals surface area contributed by atoms with Gasteiger partial charge in [-0.05, 0) is 17.7 Å². The van der Waals surface area contributed by atoms with Gasteiger partial charge in [-0.1, -0.05) is 30.3 Å². The first-order valence-corrected chi connectivity index (χ1v) is 4.79. The Bertz CT molecular complexity index is 512. The summed E-state index contributed by atoms with van der Waals surface area (Å²) in [4.78, 5) is 10.9. The molecule has 3 nitrogen and oxygen atoms in total. The number of phenolic OH excluding ortho intramolecular Hbond substituents is 2. The van der Waals surface area contributed by atoms with Gasteiger partial charge in [0.2, 0.25) is 0 Å². The van der Waals surface area contributed by atoms with Crippen LogP contribution in [0.15, 0.2) is 42.5 Å². The molecule has 0 aliphatic rings. The molecule has 0 heterocycles. The average molecular weight is 214 g/mol. The highest BCUT2D eigenvalue weighted by Gasteiger charge is 2.12. The average Bonchev–Trinajstić information content (AvgIpc) is 2.29. The Balaban J connectivity index is 2.72. The quantitative estimate of drug-likeness (QED) is 0.755. The zero-order chi connectivity index (χ0) is 11.5. The van der Waals surface area contributed by atoms with E-state index in [0.717, 1.165) is 0 Å². The molecule has 2 aromatic carbocycles. The van der Waals surface area contributed by atoms with E-state index in [2.05, 4.69) is 0 Å². The summed E-state index contributed by atoms with van der Waals surface area (Å²) in [6, 6.07) is 11.3. The number of hydrogen-bond donors (Lipinski definition) is 2. The van der Waals surface area contributed by atoms with Crippen LogP contribution in [-0.4, -0.2) is 16.5 Å². The minimum absolute atomic E-state index is 0.0469. The first-order chi connectivity index (χ1) is 7.74. The van der Waals surface area contributed by atoms with Crippen molar-refractivity contribution in [1.29, 1.82) is 0 Å². The molecule has 2 N–H and O–H groups in total. The standard InChI is InChI=1S/C13H10O3/c14-8-9-4-1-2-5-10(9)13-11(15)6-3-7-12(13)16/h1-8,15-16H. The predicted octanol–water partition coefficient (Wildman–Crippen LogP) is 2.58. The van der Waals surface area contributed by atoms with Gasteiger partial charge in [0.25, 0.3) is 0 Å². The molecule has 80 valence electrons. The Labute approximate surface area is 92.6 Å². The normalized spacial score (nSPS) is 10.0. The Hall–Kier alpha value is -2.29. The lowest BCUT2D eigenvalue weighted by molar-refractivity contribution is 0.112. The summed E-state index contributed by atoms with van der Waals surface area (Å²) in [5.41, 5.74) is 1.23. The van der Waals surface area contributed by atoms with Crippen LogP contribution in [-0.2, 0) is 0 Å². The minimum Gasteiger partial charge on any atom is -0.507 e. The SMILES string of the molecule is O=Cc1ccccc1-c1c(O)cccc1O. The molecule has 0 aromatic heterocycles. The van der Waals surface area contributed by atoms with Crippen molar-refractivity contribution in [3.8, 4) is 22.6 Å². The number of carbonyl (C=O) groups excluding carboxylic acids is 1. The van der Waals surface area contributed by atoms with Gasteiger partial charge in [-0.15, -0.1) is 0 Å². The number of aldehydes is 1. The lowest BCUT2D eigenvalue weighted by Gasteiger charge is -2.08. The van der Waals surface area contributed by atoms with Crippen LogP contribution in [0.4, 0.5) is 0 Å². The van der Waals surface area contributed by atoms with Gasteiger partial charge >= 0.3 is 0 Å². The van der Waals surface area contributed by atoms with Gasteiger partial charge in [0.15, 0.2) is 6.29 Å². The molecule has 0 atom stereocenters. The molecule has 16 heavy (non-hydrogen) atoms. The Morgan fingerprint density at radius 2 is 1.50 bits per heavy atom. The summed E-state index contributed by atoms with van der Waals surface area (Å²) in [5.74, 6) is -0.0939. The third-order valence-electron chi connectivity index (χ3n) is 2.38. The van der Waals surface area contributed by atoms with E-state index in [1.807, 2.05) is 0 Å². The van der Waals surface area contributed by atoms with Gasteiger partial charge in [-0.3, -0.25) is 4.79 Å². The van der Waals surface area contributed by atoms with Crippen LogP contribution >= 0.6 is 0 Å². The summed E-state index contributed by atoms with van der Waals surface area (Å²) < 4.78 is 0. The monoisotopic (exact) mass is 214 g/mol. The van der Waals surface area contributed by atoms with Gasteiger partial charge in [0.05, 0.1) is 5.56 Å². The van der Waals surface area contributed by atoms with Crippen molar-refractivity contribution in [3.05, 3.63) is 48.0 Å². The molecule has 2 rings (SSSR count). The molecule has 0 aliphatic carbocycles. The summed E-state index contributed by atoms with van der Waals surface area (Å²) >= 11 is 0. The second-order valence-electron chi connectivity index (χ2n) is 3.38. The molecule has 0 radical (unpaired) electrons. The van der Waals surface area contributed by atoms with Crippen molar-refractivity contribution < 1.29 is 15.0 Å². The topological polar surface area (TPSA) is 57.5 Å². The highest BCUT2D eigenvalue weighted by molar-refractivity contribution is 5.91. The molecule has 0 saturated heterocycles. The Morgan fingerprint density at radius 1 is 0.875 bits per heavy atom. The van der Waals surface area contributed by atoms with Crippen LogP contribution in [0.1, 0.15) is 10.4 Å². The van der Waals surface area contributed by atoms with Crippen LogP contribution in [0.5, 0.6) is 11.5 Å². The summed E-state index contributed by atoms with van der Waals surface area (Å²) in [7, 11) is 0. The van der Waals surface area contributed by atoms with Crippen molar-refractivity contribution in [2.24, 2.45) is 0 Å². The molecule has 0 spiro atoms. The Morgan fingerprint density at radius 3 is 2.12 bits per heavy atom. The van der Waals surface area contributed by atoms with Crippen LogP contribution < -0.4 is 0 Å². The molecule has 0 bridgehead atoms. The largest absolute Gasteiger partial charge is 0.507 e. The van der Waals surface area contributed by atoms with E-state index in [0.29, 0.717) is 17.4 Å². The molecule has 0 aliphatic heterocycles.